The highest BCUT2D eigenvalue weighted by Crippen LogP contribution is 2.37. The van der Waals surface area contributed by atoms with Crippen molar-refractivity contribution in [1.29, 1.82) is 0 Å². The molecule has 1 fully saturated rings. The van der Waals surface area contributed by atoms with Crippen LogP contribution in [-0.4, -0.2) is 18.5 Å². The standard InChI is InChI=1S/C29H26N2O3S/c1-19-12-14-26(33-2)24(16-19)30-29-31-28(32)27(35-29)17-23-22-11-7-6-10-21(22)13-15-25(23)34-18-20-8-4-3-5-9-20/h3-17,29-30H,18H2,1-2H3,(H,31,32)/b27-17-. The van der Waals surface area contributed by atoms with Crippen LogP contribution < -0.4 is 20.1 Å². The van der Waals surface area contributed by atoms with Crippen molar-refractivity contribution in [2.24, 2.45) is 0 Å². The number of fused-ring (bicyclic) bond motifs is 1. The Kier molecular flexibility index (Phi) is 6.64. The van der Waals surface area contributed by atoms with Crippen molar-refractivity contribution in [2.75, 3.05) is 12.4 Å². The van der Waals surface area contributed by atoms with E-state index in [2.05, 4.69) is 22.8 Å². The molecule has 4 aromatic carbocycles. The molecule has 4 aromatic rings. The largest absolute Gasteiger partial charge is 0.495 e. The molecule has 1 unspecified atom stereocenters. The summed E-state index contributed by atoms with van der Waals surface area (Å²) in [5.74, 6) is 1.35. The van der Waals surface area contributed by atoms with Crippen LogP contribution in [0.15, 0.2) is 89.8 Å². The maximum atomic E-state index is 12.9. The predicted molar refractivity (Wildman–Crippen MR) is 144 cm³/mol. The summed E-state index contributed by atoms with van der Waals surface area (Å²) in [6.07, 6.45) is 1.93. The Bertz CT molecular complexity index is 1400. The van der Waals surface area contributed by atoms with Crippen molar-refractivity contribution in [1.82, 2.24) is 5.32 Å². The molecular formula is C29H26N2O3S. The molecule has 176 valence electrons. The molecule has 2 N–H and O–H groups in total. The molecule has 0 aliphatic carbocycles. The first-order valence-electron chi connectivity index (χ1n) is 11.4. The summed E-state index contributed by atoms with van der Waals surface area (Å²) in [5, 5.41) is 8.53. The lowest BCUT2D eigenvalue weighted by atomic mass is 10.0. The lowest BCUT2D eigenvalue weighted by Gasteiger charge is -2.16. The zero-order chi connectivity index (χ0) is 24.2. The summed E-state index contributed by atoms with van der Waals surface area (Å²) in [6.45, 7) is 2.47. The van der Waals surface area contributed by atoms with E-state index in [1.807, 2.05) is 85.8 Å². The summed E-state index contributed by atoms with van der Waals surface area (Å²) in [5.41, 5.74) is 3.61. The van der Waals surface area contributed by atoms with Crippen molar-refractivity contribution >= 4 is 40.2 Å². The first-order chi connectivity index (χ1) is 17.1. The fourth-order valence-corrected chi connectivity index (χ4v) is 5.02. The third-order valence-corrected chi connectivity index (χ3v) is 6.84. The highest BCUT2D eigenvalue weighted by molar-refractivity contribution is 8.05. The summed E-state index contributed by atoms with van der Waals surface area (Å²) < 4.78 is 11.7. The number of methoxy groups -OCH3 is 1. The predicted octanol–water partition coefficient (Wildman–Crippen LogP) is 6.34. The number of hydrogen-bond acceptors (Lipinski definition) is 5. The second-order valence-corrected chi connectivity index (χ2v) is 9.45. The first-order valence-corrected chi connectivity index (χ1v) is 12.3. The number of anilines is 1. The molecule has 0 aromatic heterocycles. The molecule has 1 saturated heterocycles. The van der Waals surface area contributed by atoms with Crippen molar-refractivity contribution < 1.29 is 14.3 Å². The maximum absolute atomic E-state index is 12.9. The summed E-state index contributed by atoms with van der Waals surface area (Å²) in [6, 6.07) is 28.1. The topological polar surface area (TPSA) is 59.6 Å². The van der Waals surface area contributed by atoms with E-state index in [-0.39, 0.29) is 11.4 Å². The number of nitrogens with one attached hydrogen (secondary N) is 2. The Morgan fingerprint density at radius 2 is 1.74 bits per heavy atom. The van der Waals surface area contributed by atoms with Crippen molar-refractivity contribution in [2.45, 2.75) is 19.0 Å². The molecule has 5 rings (SSSR count). The van der Waals surface area contributed by atoms with Gasteiger partial charge in [-0.05, 0) is 53.1 Å². The Morgan fingerprint density at radius 1 is 0.971 bits per heavy atom. The van der Waals surface area contributed by atoms with Gasteiger partial charge in [0.1, 0.15) is 18.1 Å². The summed E-state index contributed by atoms with van der Waals surface area (Å²) in [7, 11) is 1.64. The summed E-state index contributed by atoms with van der Waals surface area (Å²) in [4.78, 5) is 13.5. The van der Waals surface area contributed by atoms with Crippen LogP contribution in [0.5, 0.6) is 11.5 Å². The van der Waals surface area contributed by atoms with E-state index in [1.54, 1.807) is 7.11 Å². The van der Waals surface area contributed by atoms with Gasteiger partial charge in [0.05, 0.1) is 17.7 Å². The van der Waals surface area contributed by atoms with Crippen LogP contribution in [0.2, 0.25) is 0 Å². The summed E-state index contributed by atoms with van der Waals surface area (Å²) >= 11 is 1.44. The zero-order valence-corrected chi connectivity index (χ0v) is 20.4. The van der Waals surface area contributed by atoms with Gasteiger partial charge in [0, 0.05) is 5.56 Å². The maximum Gasteiger partial charge on any atom is 0.260 e. The van der Waals surface area contributed by atoms with Crippen LogP contribution in [0.1, 0.15) is 16.7 Å². The molecule has 5 nitrogen and oxygen atoms in total. The van der Waals surface area contributed by atoms with Gasteiger partial charge in [-0.25, -0.2) is 0 Å². The minimum Gasteiger partial charge on any atom is -0.495 e. The van der Waals surface area contributed by atoms with Gasteiger partial charge < -0.3 is 20.1 Å². The highest BCUT2D eigenvalue weighted by atomic mass is 32.2. The van der Waals surface area contributed by atoms with Crippen LogP contribution >= 0.6 is 11.8 Å². The third kappa shape index (κ3) is 5.12. The number of carbonyl (C=O) groups excluding carboxylic acids is 1. The smallest absolute Gasteiger partial charge is 0.260 e. The zero-order valence-electron chi connectivity index (χ0n) is 19.6. The van der Waals surface area contributed by atoms with E-state index in [0.717, 1.165) is 44.6 Å². The quantitative estimate of drug-likeness (QED) is 0.301. The number of rotatable bonds is 7. The molecule has 1 atom stereocenters. The van der Waals surface area contributed by atoms with E-state index >= 15 is 0 Å². The number of amides is 1. The second kappa shape index (κ2) is 10.2. The first kappa shape index (κ1) is 22.9. The normalized spacial score (nSPS) is 16.3. The van der Waals surface area contributed by atoms with E-state index in [9.17, 15) is 4.79 Å². The number of aryl methyl sites for hydroxylation is 1. The Balaban J connectivity index is 1.44. The van der Waals surface area contributed by atoms with Gasteiger partial charge in [-0.2, -0.15) is 0 Å². The van der Waals surface area contributed by atoms with E-state index in [4.69, 9.17) is 9.47 Å². The lowest BCUT2D eigenvalue weighted by molar-refractivity contribution is -0.116. The molecule has 1 aliphatic rings. The lowest BCUT2D eigenvalue weighted by Crippen LogP contribution is -2.31. The number of carbonyl (C=O) groups is 1. The fourth-order valence-electron chi connectivity index (χ4n) is 4.06. The Labute approximate surface area is 209 Å². The Morgan fingerprint density at radius 3 is 2.57 bits per heavy atom. The SMILES string of the molecule is COc1ccc(C)cc1NC1NC(=O)/C(=C/c2c(OCc3ccccc3)ccc3ccccc23)S1. The van der Waals surface area contributed by atoms with Gasteiger partial charge in [0.25, 0.3) is 5.91 Å². The van der Waals surface area contributed by atoms with Gasteiger partial charge in [-0.1, -0.05) is 78.5 Å². The number of thioether (sulfide) groups is 1. The van der Waals surface area contributed by atoms with Crippen LogP contribution in [0.3, 0.4) is 0 Å². The molecule has 0 radical (unpaired) electrons. The molecule has 0 bridgehead atoms. The average molecular weight is 483 g/mol. The average Bonchev–Trinajstić information content (AvgIpc) is 3.22. The molecular weight excluding hydrogens is 456 g/mol. The van der Waals surface area contributed by atoms with Gasteiger partial charge in [-0.15, -0.1) is 0 Å². The Hall–Kier alpha value is -3.90. The second-order valence-electron chi connectivity index (χ2n) is 8.30. The molecule has 1 aliphatic heterocycles. The van der Waals surface area contributed by atoms with Gasteiger partial charge >= 0.3 is 0 Å². The van der Waals surface area contributed by atoms with Gasteiger partial charge in [0.2, 0.25) is 0 Å². The van der Waals surface area contributed by atoms with Crippen LogP contribution in [0.25, 0.3) is 16.8 Å². The number of hydrogen-bond donors (Lipinski definition) is 2. The van der Waals surface area contributed by atoms with Crippen LogP contribution in [0.4, 0.5) is 5.69 Å². The monoisotopic (exact) mass is 482 g/mol. The van der Waals surface area contributed by atoms with Gasteiger partial charge in [0.15, 0.2) is 5.50 Å². The third-order valence-electron chi connectivity index (χ3n) is 5.82. The van der Waals surface area contributed by atoms with E-state index in [0.29, 0.717) is 11.5 Å². The van der Waals surface area contributed by atoms with Crippen molar-refractivity contribution in [3.63, 3.8) is 0 Å². The van der Waals surface area contributed by atoms with E-state index in [1.165, 1.54) is 11.8 Å². The highest BCUT2D eigenvalue weighted by Gasteiger charge is 2.28. The number of benzene rings is 4. The fraction of sp³-hybridized carbons (Fsp3) is 0.138. The van der Waals surface area contributed by atoms with Crippen molar-refractivity contribution in [3.8, 4) is 11.5 Å². The van der Waals surface area contributed by atoms with Crippen LogP contribution in [-0.2, 0) is 11.4 Å². The molecule has 1 amide bonds. The van der Waals surface area contributed by atoms with Crippen LogP contribution in [0, 0.1) is 6.92 Å². The molecule has 6 heteroatoms. The number of ether oxygens (including phenoxy) is 2. The molecule has 0 spiro atoms. The molecule has 1 heterocycles. The molecule has 0 saturated carbocycles. The molecule has 35 heavy (non-hydrogen) atoms. The minimum absolute atomic E-state index is 0.124. The van der Waals surface area contributed by atoms with Crippen molar-refractivity contribution in [3.05, 3.63) is 107 Å². The van der Waals surface area contributed by atoms with Gasteiger partial charge in [-0.3, -0.25) is 4.79 Å². The van der Waals surface area contributed by atoms with E-state index < -0.39 is 0 Å². The minimum atomic E-state index is -0.312.